The van der Waals surface area contributed by atoms with Gasteiger partial charge in [-0.1, -0.05) is 39.0 Å². The lowest BCUT2D eigenvalue weighted by atomic mass is 9.72. The average molecular weight is 211 g/mol. The molecule has 0 radical (unpaired) electrons. The number of rotatable bonds is 6. The second-order valence-electron chi connectivity index (χ2n) is 5.40. The molecule has 0 saturated heterocycles. The Morgan fingerprint density at radius 2 is 1.80 bits per heavy atom. The van der Waals surface area contributed by atoms with Crippen LogP contribution in [0, 0.1) is 5.41 Å². The van der Waals surface area contributed by atoms with Gasteiger partial charge in [0.25, 0.3) is 0 Å². The van der Waals surface area contributed by atoms with Crippen molar-refractivity contribution >= 4 is 5.91 Å². The number of carbonyl (C=O) groups excluding carboxylic acids is 1. The van der Waals surface area contributed by atoms with Crippen LogP contribution < -0.4 is 5.73 Å². The van der Waals surface area contributed by atoms with Crippen LogP contribution in [0.3, 0.4) is 0 Å². The third kappa shape index (κ3) is 5.19. The molecular formula is C13H25NO. The summed E-state index contributed by atoms with van der Waals surface area (Å²) >= 11 is 0. The molecule has 0 unspecified atom stereocenters. The summed E-state index contributed by atoms with van der Waals surface area (Å²) in [6.45, 7) is 2.43. The van der Waals surface area contributed by atoms with Gasteiger partial charge < -0.3 is 5.73 Å². The van der Waals surface area contributed by atoms with Crippen LogP contribution in [0.4, 0.5) is 0 Å². The summed E-state index contributed by atoms with van der Waals surface area (Å²) in [6, 6.07) is 0. The van der Waals surface area contributed by atoms with E-state index in [1.807, 2.05) is 0 Å². The molecule has 88 valence electrons. The molecule has 1 fully saturated rings. The molecule has 0 aromatic carbocycles. The van der Waals surface area contributed by atoms with Gasteiger partial charge in [0, 0.05) is 6.42 Å². The summed E-state index contributed by atoms with van der Waals surface area (Å²) in [4.78, 5) is 10.5. The first-order chi connectivity index (χ1) is 7.12. The molecule has 0 aromatic heterocycles. The first-order valence-corrected chi connectivity index (χ1v) is 6.41. The van der Waals surface area contributed by atoms with Gasteiger partial charge in [0.05, 0.1) is 0 Å². The highest BCUT2D eigenvalue weighted by Gasteiger charge is 2.25. The Balaban J connectivity index is 2.05. The van der Waals surface area contributed by atoms with Gasteiger partial charge in [-0.3, -0.25) is 4.79 Å². The number of nitrogens with two attached hydrogens (primary N) is 1. The Morgan fingerprint density at radius 3 is 2.40 bits per heavy atom. The second-order valence-corrected chi connectivity index (χ2v) is 5.40. The number of hydrogen-bond donors (Lipinski definition) is 1. The van der Waals surface area contributed by atoms with Gasteiger partial charge in [0.1, 0.15) is 0 Å². The smallest absolute Gasteiger partial charge is 0.217 e. The van der Waals surface area contributed by atoms with E-state index in [0.717, 1.165) is 6.42 Å². The van der Waals surface area contributed by atoms with Gasteiger partial charge in [-0.25, -0.2) is 0 Å². The summed E-state index contributed by atoms with van der Waals surface area (Å²) in [5.74, 6) is -0.154. The third-order valence-electron chi connectivity index (χ3n) is 3.76. The van der Waals surface area contributed by atoms with Crippen LogP contribution >= 0.6 is 0 Å². The number of unbranched alkanes of at least 4 members (excludes halogenated alkanes) is 2. The van der Waals surface area contributed by atoms with Gasteiger partial charge in [-0.15, -0.1) is 0 Å². The molecule has 2 N–H and O–H groups in total. The van der Waals surface area contributed by atoms with Crippen molar-refractivity contribution in [2.75, 3.05) is 0 Å². The molecule has 0 aromatic rings. The fourth-order valence-electron chi connectivity index (χ4n) is 2.68. The van der Waals surface area contributed by atoms with E-state index >= 15 is 0 Å². The van der Waals surface area contributed by atoms with Crippen LogP contribution in [0.1, 0.15) is 71.1 Å². The Morgan fingerprint density at radius 1 is 1.13 bits per heavy atom. The first-order valence-electron chi connectivity index (χ1n) is 6.41. The van der Waals surface area contributed by atoms with Crippen LogP contribution in [-0.4, -0.2) is 5.91 Å². The van der Waals surface area contributed by atoms with Gasteiger partial charge >= 0.3 is 0 Å². The maximum Gasteiger partial charge on any atom is 0.217 e. The van der Waals surface area contributed by atoms with Crippen LogP contribution in [0.25, 0.3) is 0 Å². The Labute approximate surface area is 93.6 Å². The fourth-order valence-corrected chi connectivity index (χ4v) is 2.68. The minimum absolute atomic E-state index is 0.154. The minimum Gasteiger partial charge on any atom is -0.370 e. The molecule has 1 rings (SSSR count). The molecule has 0 spiro atoms. The van der Waals surface area contributed by atoms with E-state index in [2.05, 4.69) is 6.92 Å². The van der Waals surface area contributed by atoms with Gasteiger partial charge in [-0.2, -0.15) is 0 Å². The fraction of sp³-hybridized carbons (Fsp3) is 0.923. The van der Waals surface area contributed by atoms with Crippen LogP contribution in [0.2, 0.25) is 0 Å². The number of carbonyl (C=O) groups is 1. The standard InChI is InChI=1S/C13H25NO/c1-13(10-6-3-7-11-13)9-5-2-4-8-12(14)15/h2-11H2,1H3,(H2,14,15). The summed E-state index contributed by atoms with van der Waals surface area (Å²) in [5.41, 5.74) is 5.71. The maximum absolute atomic E-state index is 10.5. The van der Waals surface area contributed by atoms with E-state index in [4.69, 9.17) is 5.73 Å². The van der Waals surface area contributed by atoms with E-state index in [0.29, 0.717) is 11.8 Å². The zero-order chi connectivity index (χ0) is 11.1. The molecule has 2 nitrogen and oxygen atoms in total. The van der Waals surface area contributed by atoms with Crippen molar-refractivity contribution < 1.29 is 4.79 Å². The normalized spacial score (nSPS) is 20.1. The molecule has 1 amide bonds. The SMILES string of the molecule is CC1(CCCCCC(N)=O)CCCCC1. The molecule has 1 saturated carbocycles. The highest BCUT2D eigenvalue weighted by atomic mass is 16.1. The number of primary amides is 1. The molecule has 0 bridgehead atoms. The van der Waals surface area contributed by atoms with Gasteiger partial charge in [0.2, 0.25) is 5.91 Å². The molecule has 1 aliphatic rings. The Kier molecular flexibility index (Phi) is 5.13. The topological polar surface area (TPSA) is 43.1 Å². The predicted octanol–water partition coefficient (Wildman–Crippen LogP) is 3.39. The van der Waals surface area contributed by atoms with Crippen molar-refractivity contribution in [3.63, 3.8) is 0 Å². The summed E-state index contributed by atoms with van der Waals surface area (Å²) in [5, 5.41) is 0. The molecular weight excluding hydrogens is 186 g/mol. The monoisotopic (exact) mass is 211 g/mol. The van der Waals surface area contributed by atoms with E-state index in [1.165, 1.54) is 51.4 Å². The maximum atomic E-state index is 10.5. The Bertz CT molecular complexity index is 195. The van der Waals surface area contributed by atoms with Crippen molar-refractivity contribution in [2.24, 2.45) is 11.1 Å². The van der Waals surface area contributed by atoms with Crippen LogP contribution in [0.15, 0.2) is 0 Å². The largest absolute Gasteiger partial charge is 0.370 e. The van der Waals surface area contributed by atoms with Crippen molar-refractivity contribution in [2.45, 2.75) is 71.1 Å². The van der Waals surface area contributed by atoms with Crippen molar-refractivity contribution in [3.8, 4) is 0 Å². The number of hydrogen-bond acceptors (Lipinski definition) is 1. The highest BCUT2D eigenvalue weighted by molar-refractivity contribution is 5.73. The molecule has 2 heteroatoms. The lowest BCUT2D eigenvalue weighted by Crippen LogP contribution is -2.19. The molecule has 15 heavy (non-hydrogen) atoms. The van der Waals surface area contributed by atoms with E-state index < -0.39 is 0 Å². The zero-order valence-electron chi connectivity index (χ0n) is 10.1. The number of amides is 1. The first kappa shape index (κ1) is 12.5. The lowest BCUT2D eigenvalue weighted by molar-refractivity contribution is -0.118. The van der Waals surface area contributed by atoms with Crippen molar-refractivity contribution in [1.29, 1.82) is 0 Å². The minimum atomic E-state index is -0.154. The average Bonchev–Trinajstić information content (AvgIpc) is 2.17. The van der Waals surface area contributed by atoms with Crippen molar-refractivity contribution in [3.05, 3.63) is 0 Å². The third-order valence-corrected chi connectivity index (χ3v) is 3.76. The summed E-state index contributed by atoms with van der Waals surface area (Å²) in [7, 11) is 0. The van der Waals surface area contributed by atoms with Crippen molar-refractivity contribution in [1.82, 2.24) is 0 Å². The molecule has 1 aliphatic carbocycles. The molecule has 0 aliphatic heterocycles. The van der Waals surface area contributed by atoms with Gasteiger partial charge in [0.15, 0.2) is 0 Å². The Hall–Kier alpha value is -0.530. The zero-order valence-corrected chi connectivity index (χ0v) is 10.1. The van der Waals surface area contributed by atoms with Crippen LogP contribution in [0.5, 0.6) is 0 Å². The highest BCUT2D eigenvalue weighted by Crippen LogP contribution is 2.39. The predicted molar refractivity (Wildman–Crippen MR) is 63.5 cm³/mol. The van der Waals surface area contributed by atoms with E-state index in [9.17, 15) is 4.79 Å². The quantitative estimate of drug-likeness (QED) is 0.672. The van der Waals surface area contributed by atoms with E-state index in [1.54, 1.807) is 0 Å². The second kappa shape index (κ2) is 6.14. The molecule has 0 atom stereocenters. The molecule has 0 heterocycles. The van der Waals surface area contributed by atoms with Gasteiger partial charge in [-0.05, 0) is 31.1 Å². The summed E-state index contributed by atoms with van der Waals surface area (Å²) < 4.78 is 0. The van der Waals surface area contributed by atoms with E-state index in [-0.39, 0.29) is 5.91 Å². The van der Waals surface area contributed by atoms with Crippen LogP contribution in [-0.2, 0) is 4.79 Å². The summed E-state index contributed by atoms with van der Waals surface area (Å²) in [6.07, 6.45) is 12.4. The lowest BCUT2D eigenvalue weighted by Gasteiger charge is -2.33.